The fourth-order valence-corrected chi connectivity index (χ4v) is 3.08. The van der Waals surface area contributed by atoms with Crippen LogP contribution in [0, 0.1) is 6.92 Å². The van der Waals surface area contributed by atoms with Crippen LogP contribution in [-0.2, 0) is 4.79 Å². The highest BCUT2D eigenvalue weighted by molar-refractivity contribution is 6.30. The minimum absolute atomic E-state index is 0.0248. The summed E-state index contributed by atoms with van der Waals surface area (Å²) in [7, 11) is 0. The van der Waals surface area contributed by atoms with E-state index in [0.29, 0.717) is 24.1 Å². The van der Waals surface area contributed by atoms with E-state index in [-0.39, 0.29) is 5.91 Å². The first-order valence-corrected chi connectivity index (χ1v) is 9.50. The van der Waals surface area contributed by atoms with Crippen LogP contribution in [0.3, 0.4) is 0 Å². The van der Waals surface area contributed by atoms with Crippen molar-refractivity contribution in [2.45, 2.75) is 13.8 Å². The molecular formula is C20H24ClN5O. The van der Waals surface area contributed by atoms with Crippen LogP contribution < -0.4 is 10.2 Å². The van der Waals surface area contributed by atoms with Gasteiger partial charge in [-0.2, -0.15) is 4.98 Å². The Morgan fingerprint density at radius 2 is 1.89 bits per heavy atom. The first-order chi connectivity index (χ1) is 13.0. The Balaban J connectivity index is 1.58. The molecule has 1 aliphatic heterocycles. The maximum Gasteiger partial charge on any atom is 0.246 e. The topological polar surface area (TPSA) is 61.4 Å². The lowest BCUT2D eigenvalue weighted by atomic mass is 10.2. The van der Waals surface area contributed by atoms with E-state index in [9.17, 15) is 4.79 Å². The number of halogens is 1. The summed E-state index contributed by atoms with van der Waals surface area (Å²) in [6.07, 6.45) is 3.44. The highest BCUT2D eigenvalue weighted by atomic mass is 35.5. The first-order valence-electron chi connectivity index (χ1n) is 9.12. The van der Waals surface area contributed by atoms with Crippen LogP contribution in [0.1, 0.15) is 18.2 Å². The van der Waals surface area contributed by atoms with Crippen LogP contribution in [0.15, 0.2) is 36.4 Å². The second kappa shape index (κ2) is 8.86. The summed E-state index contributed by atoms with van der Waals surface area (Å²) in [5.41, 5.74) is 1.89. The zero-order chi connectivity index (χ0) is 19.2. The molecular weight excluding hydrogens is 362 g/mol. The molecule has 0 saturated carbocycles. The van der Waals surface area contributed by atoms with Crippen molar-refractivity contribution >= 4 is 35.4 Å². The Kier molecular flexibility index (Phi) is 6.29. The van der Waals surface area contributed by atoms with Crippen LogP contribution in [-0.4, -0.2) is 53.5 Å². The van der Waals surface area contributed by atoms with Gasteiger partial charge in [-0.3, -0.25) is 4.79 Å². The summed E-state index contributed by atoms with van der Waals surface area (Å²) in [4.78, 5) is 25.5. The van der Waals surface area contributed by atoms with Gasteiger partial charge >= 0.3 is 0 Å². The second-order valence-corrected chi connectivity index (χ2v) is 6.86. The summed E-state index contributed by atoms with van der Waals surface area (Å²) >= 11 is 5.88. The number of nitrogens with zero attached hydrogens (tertiary/aromatic N) is 4. The quantitative estimate of drug-likeness (QED) is 0.800. The lowest BCUT2D eigenvalue weighted by molar-refractivity contribution is -0.126. The van der Waals surface area contributed by atoms with Gasteiger partial charge < -0.3 is 15.1 Å². The molecule has 1 amide bonds. The third-order valence-electron chi connectivity index (χ3n) is 4.38. The van der Waals surface area contributed by atoms with E-state index >= 15 is 0 Å². The third kappa shape index (κ3) is 5.20. The lowest BCUT2D eigenvalue weighted by Gasteiger charge is -2.35. The van der Waals surface area contributed by atoms with Crippen LogP contribution in [0.25, 0.3) is 6.08 Å². The van der Waals surface area contributed by atoms with Crippen LogP contribution in [0.4, 0.5) is 11.8 Å². The Morgan fingerprint density at radius 3 is 2.56 bits per heavy atom. The van der Waals surface area contributed by atoms with E-state index in [2.05, 4.69) is 20.2 Å². The molecule has 1 N–H and O–H groups in total. The fraction of sp³-hybridized carbons (Fsp3) is 0.350. The monoisotopic (exact) mass is 385 g/mol. The van der Waals surface area contributed by atoms with Crippen LogP contribution >= 0.6 is 11.6 Å². The molecule has 2 aromatic rings. The zero-order valence-electron chi connectivity index (χ0n) is 15.7. The van der Waals surface area contributed by atoms with Gasteiger partial charge in [0.2, 0.25) is 11.9 Å². The Bertz CT molecular complexity index is 814. The van der Waals surface area contributed by atoms with Gasteiger partial charge in [0.05, 0.1) is 0 Å². The van der Waals surface area contributed by atoms with Gasteiger partial charge in [-0.1, -0.05) is 23.7 Å². The molecule has 2 heterocycles. The van der Waals surface area contributed by atoms with Gasteiger partial charge in [0.15, 0.2) is 0 Å². The number of benzene rings is 1. The van der Waals surface area contributed by atoms with Crippen molar-refractivity contribution in [2.75, 3.05) is 42.9 Å². The van der Waals surface area contributed by atoms with Gasteiger partial charge in [-0.25, -0.2) is 4.98 Å². The highest BCUT2D eigenvalue weighted by Gasteiger charge is 2.21. The Labute approximate surface area is 164 Å². The molecule has 142 valence electrons. The van der Waals surface area contributed by atoms with E-state index in [1.54, 1.807) is 6.08 Å². The molecule has 0 spiro atoms. The summed E-state index contributed by atoms with van der Waals surface area (Å²) in [5, 5.41) is 3.85. The van der Waals surface area contributed by atoms with Gasteiger partial charge in [0, 0.05) is 55.6 Å². The number of aryl methyl sites for hydroxylation is 1. The molecule has 0 atom stereocenters. The molecule has 0 unspecified atom stereocenters. The molecule has 1 saturated heterocycles. The summed E-state index contributed by atoms with van der Waals surface area (Å²) < 4.78 is 0. The van der Waals surface area contributed by atoms with Crippen LogP contribution in [0.2, 0.25) is 5.02 Å². The van der Waals surface area contributed by atoms with Crippen LogP contribution in [0.5, 0.6) is 0 Å². The van der Waals surface area contributed by atoms with Crippen molar-refractivity contribution in [1.82, 2.24) is 14.9 Å². The molecule has 6 nitrogen and oxygen atoms in total. The maximum absolute atomic E-state index is 12.4. The average molecular weight is 386 g/mol. The molecule has 27 heavy (non-hydrogen) atoms. The van der Waals surface area contributed by atoms with Crippen molar-refractivity contribution in [3.8, 4) is 0 Å². The number of hydrogen-bond acceptors (Lipinski definition) is 5. The number of amides is 1. The number of nitrogens with one attached hydrogen (secondary N) is 1. The molecule has 1 aromatic heterocycles. The molecule has 0 aliphatic carbocycles. The number of rotatable bonds is 5. The molecule has 7 heteroatoms. The Morgan fingerprint density at radius 1 is 1.19 bits per heavy atom. The SMILES string of the molecule is CCNc1nc(C)cc(N2CCN(C(=O)/C=C/c3ccc(Cl)cc3)CC2)n1. The van der Waals surface area contributed by atoms with E-state index in [1.165, 1.54) is 0 Å². The molecule has 3 rings (SSSR count). The molecule has 1 aliphatic rings. The maximum atomic E-state index is 12.4. The normalized spacial score (nSPS) is 14.6. The number of carbonyl (C=O) groups is 1. The number of carbonyl (C=O) groups excluding carboxylic acids is 1. The number of aromatic nitrogens is 2. The number of hydrogen-bond donors (Lipinski definition) is 1. The lowest BCUT2D eigenvalue weighted by Crippen LogP contribution is -2.48. The molecule has 1 fully saturated rings. The van der Waals surface area contributed by atoms with E-state index in [1.807, 2.05) is 55.2 Å². The zero-order valence-corrected chi connectivity index (χ0v) is 16.4. The molecule has 0 radical (unpaired) electrons. The van der Waals surface area contributed by atoms with Crippen molar-refractivity contribution in [2.24, 2.45) is 0 Å². The predicted octanol–water partition coefficient (Wildman–Crippen LogP) is 3.23. The molecule has 1 aromatic carbocycles. The minimum atomic E-state index is 0.0248. The van der Waals surface area contributed by atoms with Gasteiger partial charge in [0.25, 0.3) is 0 Å². The van der Waals surface area contributed by atoms with E-state index < -0.39 is 0 Å². The average Bonchev–Trinajstić information content (AvgIpc) is 2.67. The summed E-state index contributed by atoms with van der Waals surface area (Å²) in [6, 6.07) is 9.40. The predicted molar refractivity (Wildman–Crippen MR) is 110 cm³/mol. The van der Waals surface area contributed by atoms with Gasteiger partial charge in [0.1, 0.15) is 5.82 Å². The van der Waals surface area contributed by atoms with E-state index in [0.717, 1.165) is 36.7 Å². The summed E-state index contributed by atoms with van der Waals surface area (Å²) in [6.45, 7) is 7.61. The largest absolute Gasteiger partial charge is 0.354 e. The first kappa shape index (κ1) is 19.2. The second-order valence-electron chi connectivity index (χ2n) is 6.42. The van der Waals surface area contributed by atoms with Gasteiger partial charge in [-0.05, 0) is 37.6 Å². The standard InChI is InChI=1S/C20H24ClN5O/c1-3-22-20-23-15(2)14-18(24-20)25-10-12-26(13-11-25)19(27)9-6-16-4-7-17(21)8-5-16/h4-9,14H,3,10-13H2,1-2H3,(H,22,23,24)/b9-6+. The van der Waals surface area contributed by atoms with Crippen molar-refractivity contribution < 1.29 is 4.79 Å². The highest BCUT2D eigenvalue weighted by Crippen LogP contribution is 2.17. The molecule has 0 bridgehead atoms. The summed E-state index contributed by atoms with van der Waals surface area (Å²) in [5.74, 6) is 1.58. The van der Waals surface area contributed by atoms with Crippen molar-refractivity contribution in [3.63, 3.8) is 0 Å². The van der Waals surface area contributed by atoms with Crippen molar-refractivity contribution in [1.29, 1.82) is 0 Å². The van der Waals surface area contributed by atoms with Crippen molar-refractivity contribution in [3.05, 3.63) is 52.7 Å². The smallest absolute Gasteiger partial charge is 0.246 e. The Hall–Kier alpha value is -2.60. The number of piperazine rings is 1. The third-order valence-corrected chi connectivity index (χ3v) is 4.63. The van der Waals surface area contributed by atoms with E-state index in [4.69, 9.17) is 11.6 Å². The fourth-order valence-electron chi connectivity index (χ4n) is 2.95. The number of anilines is 2. The van der Waals surface area contributed by atoms with Gasteiger partial charge in [-0.15, -0.1) is 0 Å². The minimum Gasteiger partial charge on any atom is -0.354 e.